The van der Waals surface area contributed by atoms with Gasteiger partial charge in [0.05, 0.1) is 17.5 Å². The number of hydrogen-bond donors (Lipinski definition) is 0. The molecule has 8 nitrogen and oxygen atoms in total. The van der Waals surface area contributed by atoms with Crippen LogP contribution in [0.15, 0.2) is 52.1 Å². The van der Waals surface area contributed by atoms with Gasteiger partial charge < -0.3 is 14.2 Å². The number of rotatable bonds is 5. The molecule has 1 unspecified atom stereocenters. The van der Waals surface area contributed by atoms with E-state index in [2.05, 4.69) is 32.2 Å². The molecule has 0 N–H and O–H groups in total. The molecule has 2 aliphatic heterocycles. The fraction of sp³-hybridized carbons (Fsp3) is 0.304. The van der Waals surface area contributed by atoms with Crippen molar-refractivity contribution in [3.8, 4) is 5.75 Å². The molecule has 3 heterocycles. The standard InChI is InChI=1S/C23H22BrN5O3S/c1-14(29-18-5-3-4-6-19(18)32-12-20(29)30)22-25-26-23(27(22)2)33-13-21(31)28-10-9-15-11-16(24)7-8-17(15)28/h3-8,11,14H,9-10,12-13H2,1-2H3. The number of anilines is 2. The first-order chi connectivity index (χ1) is 15.9. The summed E-state index contributed by atoms with van der Waals surface area (Å²) in [6.07, 6.45) is 0.853. The van der Waals surface area contributed by atoms with E-state index in [4.69, 9.17) is 4.74 Å². The van der Waals surface area contributed by atoms with E-state index in [1.165, 1.54) is 17.3 Å². The number of carbonyl (C=O) groups is 2. The molecule has 0 saturated heterocycles. The molecule has 1 aromatic heterocycles. The van der Waals surface area contributed by atoms with Crippen LogP contribution in [0.2, 0.25) is 0 Å². The third kappa shape index (κ3) is 4.02. The van der Waals surface area contributed by atoms with Gasteiger partial charge in [0, 0.05) is 23.8 Å². The van der Waals surface area contributed by atoms with Crippen molar-refractivity contribution >= 4 is 50.9 Å². The van der Waals surface area contributed by atoms with Crippen molar-refractivity contribution in [3.63, 3.8) is 0 Å². The molecule has 2 aliphatic rings. The van der Waals surface area contributed by atoms with Crippen LogP contribution in [0.1, 0.15) is 24.4 Å². The van der Waals surface area contributed by atoms with Crippen LogP contribution in [0.5, 0.6) is 5.75 Å². The summed E-state index contributed by atoms with van der Waals surface area (Å²) < 4.78 is 8.42. The summed E-state index contributed by atoms with van der Waals surface area (Å²) in [7, 11) is 1.86. The minimum atomic E-state index is -0.339. The van der Waals surface area contributed by atoms with E-state index < -0.39 is 0 Å². The molecule has 1 atom stereocenters. The SMILES string of the molecule is CC(c1nnc(SCC(=O)N2CCc3cc(Br)ccc32)n1C)N1C(=O)COc2ccccc21. The lowest BCUT2D eigenvalue weighted by Crippen LogP contribution is -2.41. The Morgan fingerprint density at radius 3 is 2.88 bits per heavy atom. The van der Waals surface area contributed by atoms with Crippen molar-refractivity contribution in [2.75, 3.05) is 28.7 Å². The molecule has 170 valence electrons. The van der Waals surface area contributed by atoms with Crippen LogP contribution in [0.25, 0.3) is 0 Å². The second-order valence-electron chi connectivity index (χ2n) is 7.95. The highest BCUT2D eigenvalue weighted by Gasteiger charge is 2.33. The Bertz CT molecular complexity index is 1250. The van der Waals surface area contributed by atoms with Gasteiger partial charge in [0.25, 0.3) is 5.91 Å². The number of amides is 2. The first-order valence-corrected chi connectivity index (χ1v) is 12.4. The van der Waals surface area contributed by atoms with Crippen LogP contribution < -0.4 is 14.5 Å². The fourth-order valence-electron chi connectivity index (χ4n) is 4.31. The second-order valence-corrected chi connectivity index (χ2v) is 9.81. The third-order valence-electron chi connectivity index (χ3n) is 5.94. The van der Waals surface area contributed by atoms with E-state index in [0.717, 1.165) is 16.6 Å². The van der Waals surface area contributed by atoms with Crippen molar-refractivity contribution in [1.29, 1.82) is 0 Å². The van der Waals surface area contributed by atoms with Crippen molar-refractivity contribution < 1.29 is 14.3 Å². The number of thioether (sulfide) groups is 1. The van der Waals surface area contributed by atoms with Gasteiger partial charge in [0.1, 0.15) is 5.75 Å². The van der Waals surface area contributed by atoms with Gasteiger partial charge in [-0.25, -0.2) is 0 Å². The maximum absolute atomic E-state index is 12.9. The minimum absolute atomic E-state index is 0.0107. The number of halogens is 1. The lowest BCUT2D eigenvalue weighted by molar-refractivity contribution is -0.121. The summed E-state index contributed by atoms with van der Waals surface area (Å²) in [5.41, 5.74) is 2.86. The number of fused-ring (bicyclic) bond motifs is 2. The highest BCUT2D eigenvalue weighted by atomic mass is 79.9. The monoisotopic (exact) mass is 527 g/mol. The van der Waals surface area contributed by atoms with E-state index in [1.807, 2.05) is 59.8 Å². The van der Waals surface area contributed by atoms with E-state index in [9.17, 15) is 9.59 Å². The van der Waals surface area contributed by atoms with Gasteiger partial charge in [-0.2, -0.15) is 0 Å². The average Bonchev–Trinajstić information content (AvgIpc) is 3.40. The summed E-state index contributed by atoms with van der Waals surface area (Å²) in [6.45, 7) is 2.59. The smallest absolute Gasteiger partial charge is 0.265 e. The highest BCUT2D eigenvalue weighted by molar-refractivity contribution is 9.10. The lowest BCUT2D eigenvalue weighted by Gasteiger charge is -2.33. The number of carbonyl (C=O) groups excluding carboxylic acids is 2. The van der Waals surface area contributed by atoms with Crippen LogP contribution >= 0.6 is 27.7 Å². The van der Waals surface area contributed by atoms with E-state index >= 15 is 0 Å². The normalized spacial score (nSPS) is 15.8. The maximum Gasteiger partial charge on any atom is 0.265 e. The average molecular weight is 528 g/mol. The van der Waals surface area contributed by atoms with E-state index in [0.29, 0.717) is 29.0 Å². The van der Waals surface area contributed by atoms with Crippen LogP contribution in [0, 0.1) is 0 Å². The van der Waals surface area contributed by atoms with Gasteiger partial charge in [-0.3, -0.25) is 14.5 Å². The summed E-state index contributed by atoms with van der Waals surface area (Å²) in [5, 5.41) is 9.28. The number of ether oxygens (including phenoxy) is 1. The van der Waals surface area contributed by atoms with Gasteiger partial charge in [-0.1, -0.05) is 39.8 Å². The zero-order valence-corrected chi connectivity index (χ0v) is 20.6. The molecule has 2 amide bonds. The third-order valence-corrected chi connectivity index (χ3v) is 7.44. The summed E-state index contributed by atoms with van der Waals surface area (Å²) in [5.74, 6) is 1.48. The summed E-state index contributed by atoms with van der Waals surface area (Å²) in [6, 6.07) is 13.1. The van der Waals surface area contributed by atoms with Crippen molar-refractivity contribution in [3.05, 3.63) is 58.3 Å². The Labute approximate surface area is 204 Å². The number of aromatic nitrogens is 3. The molecule has 0 saturated carbocycles. The van der Waals surface area contributed by atoms with E-state index in [1.54, 1.807) is 4.90 Å². The van der Waals surface area contributed by atoms with Crippen LogP contribution in [0.3, 0.4) is 0 Å². The quantitative estimate of drug-likeness (QED) is 0.470. The molecule has 0 fully saturated rings. The number of hydrogen-bond acceptors (Lipinski definition) is 6. The fourth-order valence-corrected chi connectivity index (χ4v) is 5.51. The lowest BCUT2D eigenvalue weighted by atomic mass is 10.1. The molecule has 0 radical (unpaired) electrons. The number of para-hydroxylation sites is 2. The van der Waals surface area contributed by atoms with Crippen LogP contribution in [0.4, 0.5) is 11.4 Å². The van der Waals surface area contributed by atoms with Crippen molar-refractivity contribution in [2.24, 2.45) is 7.05 Å². The Kier molecular flexibility index (Phi) is 5.88. The maximum atomic E-state index is 12.9. The van der Waals surface area contributed by atoms with Crippen molar-refractivity contribution in [2.45, 2.75) is 24.5 Å². The molecule has 10 heteroatoms. The van der Waals surface area contributed by atoms with Gasteiger partial charge in [0.15, 0.2) is 17.6 Å². The molecule has 0 aliphatic carbocycles. The molecular weight excluding hydrogens is 506 g/mol. The predicted molar refractivity (Wildman–Crippen MR) is 130 cm³/mol. The second kappa shape index (κ2) is 8.83. The number of benzene rings is 2. The van der Waals surface area contributed by atoms with Gasteiger partial charge >= 0.3 is 0 Å². The largest absolute Gasteiger partial charge is 0.482 e. The number of nitrogens with zero attached hydrogens (tertiary/aromatic N) is 5. The topological polar surface area (TPSA) is 80.6 Å². The van der Waals surface area contributed by atoms with Crippen molar-refractivity contribution in [1.82, 2.24) is 14.8 Å². The van der Waals surface area contributed by atoms with Gasteiger partial charge in [-0.05, 0) is 49.2 Å². The molecule has 2 aromatic carbocycles. The molecule has 5 rings (SSSR count). The van der Waals surface area contributed by atoms with Crippen LogP contribution in [-0.2, 0) is 23.1 Å². The van der Waals surface area contributed by atoms with Gasteiger partial charge in [-0.15, -0.1) is 10.2 Å². The molecule has 0 spiro atoms. The molecule has 0 bridgehead atoms. The summed E-state index contributed by atoms with van der Waals surface area (Å²) in [4.78, 5) is 29.1. The zero-order chi connectivity index (χ0) is 23.1. The first kappa shape index (κ1) is 22.0. The molecule has 33 heavy (non-hydrogen) atoms. The Morgan fingerprint density at radius 2 is 2.03 bits per heavy atom. The van der Waals surface area contributed by atoms with E-state index in [-0.39, 0.29) is 30.2 Å². The van der Waals surface area contributed by atoms with Crippen LogP contribution in [-0.4, -0.2) is 45.5 Å². The predicted octanol–water partition coefficient (Wildman–Crippen LogP) is 3.75. The molecular formula is C23H22BrN5O3S. The molecule has 3 aromatic rings. The van der Waals surface area contributed by atoms with Gasteiger partial charge in [0.2, 0.25) is 5.91 Å². The summed E-state index contributed by atoms with van der Waals surface area (Å²) >= 11 is 4.84. The Balaban J connectivity index is 1.30. The highest BCUT2D eigenvalue weighted by Crippen LogP contribution is 2.37. The Hall–Kier alpha value is -2.85. The first-order valence-electron chi connectivity index (χ1n) is 10.6. The zero-order valence-electron chi connectivity index (χ0n) is 18.2. The Morgan fingerprint density at radius 1 is 1.21 bits per heavy atom. The minimum Gasteiger partial charge on any atom is -0.482 e.